The molecule has 0 saturated carbocycles. The van der Waals surface area contributed by atoms with Crippen LogP contribution in [0.1, 0.15) is 15.9 Å². The molecule has 2 N–H and O–H groups in total. The summed E-state index contributed by atoms with van der Waals surface area (Å²) >= 11 is 0. The summed E-state index contributed by atoms with van der Waals surface area (Å²) in [5.41, 5.74) is 1.65. The first kappa shape index (κ1) is 22.2. The Morgan fingerprint density at radius 2 is 1.65 bits per heavy atom. The number of anilines is 1. The Balaban J connectivity index is 1.57. The van der Waals surface area contributed by atoms with Crippen LogP contribution in [-0.2, 0) is 10.0 Å². The second kappa shape index (κ2) is 9.99. The number of methoxy groups -OCH3 is 1. The van der Waals surface area contributed by atoms with E-state index >= 15 is 0 Å². The lowest BCUT2D eigenvalue weighted by atomic mass is 10.2. The van der Waals surface area contributed by atoms with Gasteiger partial charge in [0.05, 0.1) is 18.6 Å². The van der Waals surface area contributed by atoms with Gasteiger partial charge in [-0.3, -0.25) is 9.52 Å². The van der Waals surface area contributed by atoms with Gasteiger partial charge in [0, 0.05) is 11.3 Å². The highest BCUT2D eigenvalue weighted by molar-refractivity contribution is 7.92. The van der Waals surface area contributed by atoms with Crippen molar-refractivity contribution in [3.8, 4) is 11.5 Å². The molecule has 0 fully saturated rings. The first-order valence-electron chi connectivity index (χ1n) is 9.62. The molecule has 0 saturated heterocycles. The summed E-state index contributed by atoms with van der Waals surface area (Å²) in [7, 11) is -2.23. The van der Waals surface area contributed by atoms with E-state index in [-0.39, 0.29) is 29.5 Å². The Morgan fingerprint density at radius 3 is 2.35 bits per heavy atom. The Bertz CT molecular complexity index is 1140. The number of ether oxygens (including phenoxy) is 2. The monoisotopic (exact) mass is 440 g/mol. The van der Waals surface area contributed by atoms with Gasteiger partial charge in [-0.05, 0) is 67.1 Å². The summed E-state index contributed by atoms with van der Waals surface area (Å²) in [6, 6.07) is 20.0. The molecular formula is C23H24N2O5S. The van der Waals surface area contributed by atoms with Crippen LogP contribution < -0.4 is 19.5 Å². The number of rotatable bonds is 9. The van der Waals surface area contributed by atoms with E-state index in [0.29, 0.717) is 11.4 Å². The van der Waals surface area contributed by atoms with Gasteiger partial charge in [0.2, 0.25) is 0 Å². The highest BCUT2D eigenvalue weighted by Crippen LogP contribution is 2.19. The summed E-state index contributed by atoms with van der Waals surface area (Å²) in [5.74, 6) is 1.00. The fourth-order valence-electron chi connectivity index (χ4n) is 2.83. The second-order valence-corrected chi connectivity index (χ2v) is 8.47. The quantitative estimate of drug-likeness (QED) is 0.496. The minimum atomic E-state index is -3.82. The first-order chi connectivity index (χ1) is 14.9. The Kier molecular flexibility index (Phi) is 7.15. The fourth-order valence-corrected chi connectivity index (χ4v) is 3.93. The van der Waals surface area contributed by atoms with Crippen LogP contribution in [0.3, 0.4) is 0 Å². The van der Waals surface area contributed by atoms with E-state index in [4.69, 9.17) is 9.47 Å². The van der Waals surface area contributed by atoms with Gasteiger partial charge in [-0.15, -0.1) is 0 Å². The molecule has 3 rings (SSSR count). The average Bonchev–Trinajstić information content (AvgIpc) is 2.77. The summed E-state index contributed by atoms with van der Waals surface area (Å²) in [4.78, 5) is 12.4. The van der Waals surface area contributed by atoms with E-state index in [1.54, 1.807) is 55.6 Å². The molecule has 0 aliphatic heterocycles. The predicted molar refractivity (Wildman–Crippen MR) is 119 cm³/mol. The number of benzene rings is 3. The molecule has 0 aliphatic carbocycles. The maximum absolute atomic E-state index is 12.7. The van der Waals surface area contributed by atoms with Crippen LogP contribution in [0, 0.1) is 6.92 Å². The normalized spacial score (nSPS) is 10.9. The smallest absolute Gasteiger partial charge is 0.261 e. The molecule has 0 unspecified atom stereocenters. The molecule has 7 nitrogen and oxygen atoms in total. The van der Waals surface area contributed by atoms with Gasteiger partial charge in [-0.25, -0.2) is 8.42 Å². The third-order valence-corrected chi connectivity index (χ3v) is 5.77. The molecular weight excluding hydrogens is 416 g/mol. The van der Waals surface area contributed by atoms with Gasteiger partial charge in [-0.1, -0.05) is 18.2 Å². The van der Waals surface area contributed by atoms with Crippen molar-refractivity contribution in [1.29, 1.82) is 0 Å². The first-order valence-corrected chi connectivity index (χ1v) is 11.1. The fraction of sp³-hybridized carbons (Fsp3) is 0.174. The van der Waals surface area contributed by atoms with Crippen molar-refractivity contribution in [3.63, 3.8) is 0 Å². The molecule has 8 heteroatoms. The van der Waals surface area contributed by atoms with Crippen LogP contribution in [0.2, 0.25) is 0 Å². The summed E-state index contributed by atoms with van der Waals surface area (Å²) < 4.78 is 38.5. The van der Waals surface area contributed by atoms with Gasteiger partial charge in [0.15, 0.2) is 0 Å². The third kappa shape index (κ3) is 6.23. The van der Waals surface area contributed by atoms with E-state index < -0.39 is 10.0 Å². The van der Waals surface area contributed by atoms with E-state index in [9.17, 15) is 13.2 Å². The van der Waals surface area contributed by atoms with E-state index in [2.05, 4.69) is 10.0 Å². The van der Waals surface area contributed by atoms with Crippen LogP contribution in [0.25, 0.3) is 0 Å². The molecule has 0 aliphatic rings. The molecule has 0 radical (unpaired) electrons. The van der Waals surface area contributed by atoms with Gasteiger partial charge >= 0.3 is 0 Å². The molecule has 0 atom stereocenters. The predicted octanol–water partition coefficient (Wildman–Crippen LogP) is 3.61. The number of hydrogen-bond acceptors (Lipinski definition) is 5. The van der Waals surface area contributed by atoms with Crippen molar-refractivity contribution >= 4 is 21.6 Å². The maximum Gasteiger partial charge on any atom is 0.261 e. The van der Waals surface area contributed by atoms with Crippen molar-refractivity contribution in [2.24, 2.45) is 0 Å². The van der Waals surface area contributed by atoms with Crippen molar-refractivity contribution in [2.75, 3.05) is 25.0 Å². The van der Waals surface area contributed by atoms with E-state index in [1.807, 2.05) is 13.0 Å². The van der Waals surface area contributed by atoms with Gasteiger partial charge in [0.1, 0.15) is 18.1 Å². The zero-order chi connectivity index (χ0) is 22.3. The lowest BCUT2D eigenvalue weighted by Crippen LogP contribution is -2.28. The molecule has 162 valence electrons. The number of nitrogens with one attached hydrogen (secondary N) is 2. The minimum absolute atomic E-state index is 0.0103. The SMILES string of the molecule is COc1ccc(OCCNC(=O)c2cccc(S(=O)(=O)Nc3cccc(C)c3)c2)cc1. The highest BCUT2D eigenvalue weighted by Gasteiger charge is 2.16. The molecule has 1 amide bonds. The number of hydrogen-bond donors (Lipinski definition) is 2. The number of carbonyl (C=O) groups excluding carboxylic acids is 1. The second-order valence-electron chi connectivity index (χ2n) is 6.78. The lowest BCUT2D eigenvalue weighted by Gasteiger charge is -2.11. The summed E-state index contributed by atoms with van der Waals surface area (Å²) in [5, 5.41) is 2.72. The number of amides is 1. The molecule has 31 heavy (non-hydrogen) atoms. The van der Waals surface area contributed by atoms with Gasteiger partial charge in [-0.2, -0.15) is 0 Å². The molecule has 0 spiro atoms. The number of carbonyl (C=O) groups is 1. The standard InChI is InChI=1S/C23H24N2O5S/c1-17-5-3-7-19(15-17)25-31(27,28)22-8-4-6-18(16-22)23(26)24-13-14-30-21-11-9-20(29-2)10-12-21/h3-12,15-16,25H,13-14H2,1-2H3,(H,24,26). The number of aryl methyl sites for hydroxylation is 1. The van der Waals surface area contributed by atoms with Crippen molar-refractivity contribution in [3.05, 3.63) is 83.9 Å². The van der Waals surface area contributed by atoms with E-state index in [0.717, 1.165) is 11.3 Å². The average molecular weight is 441 g/mol. The molecule has 0 bridgehead atoms. The Hall–Kier alpha value is -3.52. The number of sulfonamides is 1. The van der Waals surface area contributed by atoms with Crippen LogP contribution >= 0.6 is 0 Å². The summed E-state index contributed by atoms with van der Waals surface area (Å²) in [6.45, 7) is 2.41. The van der Waals surface area contributed by atoms with Crippen LogP contribution in [0.4, 0.5) is 5.69 Å². The lowest BCUT2D eigenvalue weighted by molar-refractivity contribution is 0.0947. The molecule has 3 aromatic rings. The zero-order valence-corrected chi connectivity index (χ0v) is 18.1. The highest BCUT2D eigenvalue weighted by atomic mass is 32.2. The maximum atomic E-state index is 12.7. The zero-order valence-electron chi connectivity index (χ0n) is 17.3. The van der Waals surface area contributed by atoms with Crippen molar-refractivity contribution < 1.29 is 22.7 Å². The van der Waals surface area contributed by atoms with Crippen LogP contribution in [-0.4, -0.2) is 34.6 Å². The minimum Gasteiger partial charge on any atom is -0.497 e. The molecule has 0 heterocycles. The topological polar surface area (TPSA) is 93.7 Å². The van der Waals surface area contributed by atoms with Gasteiger partial charge in [0.25, 0.3) is 15.9 Å². The van der Waals surface area contributed by atoms with Crippen LogP contribution in [0.5, 0.6) is 11.5 Å². The largest absolute Gasteiger partial charge is 0.497 e. The van der Waals surface area contributed by atoms with Gasteiger partial charge < -0.3 is 14.8 Å². The Morgan fingerprint density at radius 1 is 0.935 bits per heavy atom. The molecule has 0 aromatic heterocycles. The molecule has 3 aromatic carbocycles. The Labute approximate surface area is 182 Å². The van der Waals surface area contributed by atoms with Crippen LogP contribution in [0.15, 0.2) is 77.7 Å². The van der Waals surface area contributed by atoms with Crippen molar-refractivity contribution in [2.45, 2.75) is 11.8 Å². The van der Waals surface area contributed by atoms with E-state index in [1.165, 1.54) is 18.2 Å². The third-order valence-electron chi connectivity index (χ3n) is 4.39. The summed E-state index contributed by atoms with van der Waals surface area (Å²) in [6.07, 6.45) is 0. The van der Waals surface area contributed by atoms with Crippen molar-refractivity contribution in [1.82, 2.24) is 5.32 Å².